The summed E-state index contributed by atoms with van der Waals surface area (Å²) >= 11 is 3.70. The summed E-state index contributed by atoms with van der Waals surface area (Å²) < 4.78 is 1.21. The van der Waals surface area contributed by atoms with Gasteiger partial charge in [0.1, 0.15) is 0 Å². The lowest BCUT2D eigenvalue weighted by Crippen LogP contribution is -2.46. The van der Waals surface area contributed by atoms with E-state index in [-0.39, 0.29) is 0 Å². The third kappa shape index (κ3) is 2.66. The highest BCUT2D eigenvalue weighted by Crippen LogP contribution is 2.34. The van der Waals surface area contributed by atoms with E-state index >= 15 is 0 Å². The van der Waals surface area contributed by atoms with Crippen molar-refractivity contribution in [3.8, 4) is 0 Å². The van der Waals surface area contributed by atoms with Crippen molar-refractivity contribution in [2.45, 2.75) is 45.7 Å². The Morgan fingerprint density at radius 2 is 2.06 bits per heavy atom. The Balaban J connectivity index is 2.34. The Morgan fingerprint density at radius 3 is 2.65 bits per heavy atom. The summed E-state index contributed by atoms with van der Waals surface area (Å²) in [5.74, 6) is 0. The number of benzene rings is 1. The van der Waals surface area contributed by atoms with Gasteiger partial charge in [-0.3, -0.25) is 0 Å². The van der Waals surface area contributed by atoms with Gasteiger partial charge in [0.15, 0.2) is 0 Å². The van der Waals surface area contributed by atoms with Gasteiger partial charge < -0.3 is 10.6 Å². The molecule has 2 unspecified atom stereocenters. The molecule has 1 aliphatic heterocycles. The zero-order valence-corrected chi connectivity index (χ0v) is 12.4. The van der Waals surface area contributed by atoms with E-state index in [1.54, 1.807) is 0 Å². The average molecular weight is 297 g/mol. The normalized spacial score (nSPS) is 25.1. The number of halogens is 1. The fraction of sp³-hybridized carbons (Fsp3) is 0.571. The summed E-state index contributed by atoms with van der Waals surface area (Å²) in [5, 5.41) is 0. The van der Waals surface area contributed by atoms with E-state index in [1.807, 2.05) is 0 Å². The molecule has 17 heavy (non-hydrogen) atoms. The van der Waals surface area contributed by atoms with Gasteiger partial charge in [-0.15, -0.1) is 0 Å². The van der Waals surface area contributed by atoms with Gasteiger partial charge in [-0.05, 0) is 66.7 Å². The fourth-order valence-corrected chi connectivity index (χ4v) is 3.71. The second-order valence-electron chi connectivity index (χ2n) is 5.24. The van der Waals surface area contributed by atoms with Crippen molar-refractivity contribution in [3.05, 3.63) is 27.7 Å². The molecule has 2 rings (SSSR count). The molecule has 1 aromatic rings. The van der Waals surface area contributed by atoms with Gasteiger partial charge in [0.25, 0.3) is 0 Å². The maximum absolute atomic E-state index is 6.03. The van der Waals surface area contributed by atoms with Crippen LogP contribution in [0.4, 0.5) is 5.69 Å². The topological polar surface area (TPSA) is 29.3 Å². The molecule has 0 radical (unpaired) electrons. The minimum absolute atomic E-state index is 0.366. The van der Waals surface area contributed by atoms with Crippen LogP contribution < -0.4 is 10.6 Å². The number of hydrogen-bond acceptors (Lipinski definition) is 2. The van der Waals surface area contributed by atoms with Crippen LogP contribution in [-0.2, 0) is 0 Å². The molecule has 1 saturated heterocycles. The highest BCUT2D eigenvalue weighted by Gasteiger charge is 2.25. The summed E-state index contributed by atoms with van der Waals surface area (Å²) in [6.45, 7) is 7.65. The summed E-state index contributed by atoms with van der Waals surface area (Å²) in [6, 6.07) is 5.34. The van der Waals surface area contributed by atoms with Crippen molar-refractivity contribution in [3.63, 3.8) is 0 Å². The number of hydrogen-bond donors (Lipinski definition) is 1. The van der Waals surface area contributed by atoms with Gasteiger partial charge in [0, 0.05) is 23.1 Å². The third-order valence-electron chi connectivity index (χ3n) is 3.60. The molecule has 0 aliphatic carbocycles. The number of anilines is 1. The van der Waals surface area contributed by atoms with Crippen LogP contribution in [0.15, 0.2) is 16.6 Å². The first-order chi connectivity index (χ1) is 7.99. The lowest BCUT2D eigenvalue weighted by molar-refractivity contribution is 0.429. The molecular weight excluding hydrogens is 276 g/mol. The predicted octanol–water partition coefficient (Wildman–Crippen LogP) is 3.38. The number of rotatable bonds is 1. The molecule has 0 amide bonds. The lowest BCUT2D eigenvalue weighted by atomic mass is 9.97. The van der Waals surface area contributed by atoms with Gasteiger partial charge in [-0.25, -0.2) is 0 Å². The summed E-state index contributed by atoms with van der Waals surface area (Å²) in [5.41, 5.74) is 10.0. The summed E-state index contributed by atoms with van der Waals surface area (Å²) in [4.78, 5) is 2.49. The number of piperidine rings is 1. The van der Waals surface area contributed by atoms with Crippen molar-refractivity contribution in [2.75, 3.05) is 11.4 Å². The predicted molar refractivity (Wildman–Crippen MR) is 77.6 cm³/mol. The Kier molecular flexibility index (Phi) is 3.79. The van der Waals surface area contributed by atoms with Crippen LogP contribution in [0.1, 0.15) is 30.9 Å². The molecule has 0 bridgehead atoms. The standard InChI is InChI=1S/C14H21BrN2/c1-9-6-10(2)14(13(15)7-9)17-5-4-12(16)8-11(17)3/h6-7,11-12H,4-5,8,16H2,1-3H3. The van der Waals surface area contributed by atoms with Crippen LogP contribution in [0, 0.1) is 13.8 Å². The van der Waals surface area contributed by atoms with Crippen LogP contribution in [-0.4, -0.2) is 18.6 Å². The zero-order chi connectivity index (χ0) is 12.6. The van der Waals surface area contributed by atoms with E-state index < -0.39 is 0 Å². The third-order valence-corrected chi connectivity index (χ3v) is 4.21. The van der Waals surface area contributed by atoms with Gasteiger partial charge in [-0.2, -0.15) is 0 Å². The monoisotopic (exact) mass is 296 g/mol. The summed E-state index contributed by atoms with van der Waals surface area (Å²) in [7, 11) is 0. The Labute approximate surface area is 112 Å². The van der Waals surface area contributed by atoms with Crippen LogP contribution in [0.25, 0.3) is 0 Å². The van der Waals surface area contributed by atoms with Crippen LogP contribution >= 0.6 is 15.9 Å². The van der Waals surface area contributed by atoms with Gasteiger partial charge >= 0.3 is 0 Å². The average Bonchev–Trinajstić information content (AvgIpc) is 2.19. The molecule has 2 N–H and O–H groups in total. The number of nitrogens with two attached hydrogens (primary N) is 1. The Hall–Kier alpha value is -0.540. The van der Waals surface area contributed by atoms with E-state index in [2.05, 4.69) is 53.7 Å². The van der Waals surface area contributed by atoms with Crippen molar-refractivity contribution >= 4 is 21.6 Å². The van der Waals surface area contributed by atoms with Crippen molar-refractivity contribution in [2.24, 2.45) is 5.73 Å². The van der Waals surface area contributed by atoms with Crippen molar-refractivity contribution < 1.29 is 0 Å². The van der Waals surface area contributed by atoms with Gasteiger partial charge in [-0.1, -0.05) is 6.07 Å². The molecule has 94 valence electrons. The van der Waals surface area contributed by atoms with Crippen LogP contribution in [0.2, 0.25) is 0 Å². The second-order valence-corrected chi connectivity index (χ2v) is 6.09. The van der Waals surface area contributed by atoms with Crippen molar-refractivity contribution in [1.82, 2.24) is 0 Å². The summed E-state index contributed by atoms with van der Waals surface area (Å²) in [6.07, 6.45) is 2.17. The maximum atomic E-state index is 6.03. The van der Waals surface area contributed by atoms with E-state index in [1.165, 1.54) is 21.3 Å². The molecule has 0 spiro atoms. The number of nitrogens with zero attached hydrogens (tertiary/aromatic N) is 1. The highest BCUT2D eigenvalue weighted by atomic mass is 79.9. The van der Waals surface area contributed by atoms with Crippen LogP contribution in [0.5, 0.6) is 0 Å². The molecule has 0 aromatic heterocycles. The minimum atomic E-state index is 0.366. The van der Waals surface area contributed by atoms with E-state index in [4.69, 9.17) is 5.73 Å². The molecule has 1 aromatic carbocycles. The highest BCUT2D eigenvalue weighted by molar-refractivity contribution is 9.10. The lowest BCUT2D eigenvalue weighted by Gasteiger charge is -2.39. The SMILES string of the molecule is Cc1cc(C)c(N2CCC(N)CC2C)c(Br)c1. The van der Waals surface area contributed by atoms with Crippen molar-refractivity contribution in [1.29, 1.82) is 0 Å². The molecular formula is C14H21BrN2. The molecule has 2 atom stereocenters. The van der Waals surface area contributed by atoms with E-state index in [9.17, 15) is 0 Å². The van der Waals surface area contributed by atoms with Crippen LogP contribution in [0.3, 0.4) is 0 Å². The largest absolute Gasteiger partial charge is 0.368 e. The molecule has 3 heteroatoms. The fourth-order valence-electron chi connectivity index (χ4n) is 2.81. The molecule has 0 saturated carbocycles. The maximum Gasteiger partial charge on any atom is 0.0542 e. The second kappa shape index (κ2) is 4.99. The van der Waals surface area contributed by atoms with Gasteiger partial charge in [0.2, 0.25) is 0 Å². The first kappa shape index (κ1) is 12.9. The van der Waals surface area contributed by atoms with E-state index in [0.29, 0.717) is 12.1 Å². The molecule has 1 aliphatic rings. The number of aryl methyl sites for hydroxylation is 2. The minimum Gasteiger partial charge on any atom is -0.368 e. The molecule has 1 fully saturated rings. The Bertz CT molecular complexity index is 394. The van der Waals surface area contributed by atoms with Gasteiger partial charge in [0.05, 0.1) is 5.69 Å². The smallest absolute Gasteiger partial charge is 0.0542 e. The molecule has 1 heterocycles. The zero-order valence-electron chi connectivity index (χ0n) is 10.8. The van der Waals surface area contributed by atoms with E-state index in [0.717, 1.165) is 19.4 Å². The first-order valence-electron chi connectivity index (χ1n) is 6.28. The molecule has 2 nitrogen and oxygen atoms in total. The Morgan fingerprint density at radius 1 is 1.35 bits per heavy atom. The quantitative estimate of drug-likeness (QED) is 0.861. The first-order valence-corrected chi connectivity index (χ1v) is 7.07.